The highest BCUT2D eigenvalue weighted by atomic mass is 16.6. The molecule has 2 aromatic rings. The normalized spacial score (nSPS) is 27.7. The van der Waals surface area contributed by atoms with Gasteiger partial charge < -0.3 is 24.4 Å². The molecule has 1 heterocycles. The standard InChI is InChI=1S/C30H38N2O5/c1-22(33)37-27-10-6-9-25(17-27)29-15-16-32(19-23-11-12-23)21-30(29,35)14-13-26(18-29)31(2)28(34)36-20-24-7-4-3-5-8-24/h3-10,17,23,26,35H,11-16,18-21H2,1-2H3/t26-,29+,30+/m1/s1. The second-order valence-corrected chi connectivity index (χ2v) is 11.2. The lowest BCUT2D eigenvalue weighted by atomic mass is 9.55. The van der Waals surface area contributed by atoms with Gasteiger partial charge in [-0.3, -0.25) is 4.79 Å². The number of carbonyl (C=O) groups is 2. The van der Waals surface area contributed by atoms with Crippen molar-refractivity contribution < 1.29 is 24.2 Å². The zero-order valence-corrected chi connectivity index (χ0v) is 21.9. The van der Waals surface area contributed by atoms with Crippen LogP contribution in [0.4, 0.5) is 4.79 Å². The Bertz CT molecular complexity index is 1120. The van der Waals surface area contributed by atoms with E-state index in [1.165, 1.54) is 19.8 Å². The number of hydrogen-bond acceptors (Lipinski definition) is 6. The summed E-state index contributed by atoms with van der Waals surface area (Å²) in [6.07, 6.45) is 4.91. The van der Waals surface area contributed by atoms with Crippen LogP contribution in [0.1, 0.15) is 56.6 Å². The van der Waals surface area contributed by atoms with E-state index in [0.29, 0.717) is 31.6 Å². The average molecular weight is 507 g/mol. The SMILES string of the molecule is CC(=O)Oc1cccc([C@@]23CCN(CC4CC4)C[C@@]2(O)CC[C@@H](N(C)C(=O)OCc2ccccc2)C3)c1. The highest BCUT2D eigenvalue weighted by Crippen LogP contribution is 2.53. The Morgan fingerprint density at radius 1 is 1.08 bits per heavy atom. The van der Waals surface area contributed by atoms with Crippen LogP contribution in [0.5, 0.6) is 5.75 Å². The number of esters is 1. The number of rotatable bonds is 7. The number of fused-ring (bicyclic) bond motifs is 1. The largest absolute Gasteiger partial charge is 0.445 e. The van der Waals surface area contributed by atoms with Gasteiger partial charge in [-0.2, -0.15) is 0 Å². The Hall–Kier alpha value is -2.90. The van der Waals surface area contributed by atoms with Crippen LogP contribution in [-0.4, -0.2) is 65.3 Å². The van der Waals surface area contributed by atoms with Crippen molar-refractivity contribution in [3.05, 3.63) is 65.7 Å². The number of nitrogens with zero attached hydrogens (tertiary/aromatic N) is 2. The van der Waals surface area contributed by atoms with Crippen LogP contribution in [0, 0.1) is 5.92 Å². The fraction of sp³-hybridized carbons (Fsp3) is 0.533. The van der Waals surface area contributed by atoms with E-state index in [-0.39, 0.29) is 24.7 Å². The summed E-state index contributed by atoms with van der Waals surface area (Å²) in [7, 11) is 1.80. The number of amides is 1. The number of piperidine rings is 1. The number of β-amino-alcohol motifs (C(OH)–C–C–N with tert-alkyl or cyclic N) is 1. The Balaban J connectivity index is 1.38. The first-order valence-electron chi connectivity index (χ1n) is 13.5. The zero-order valence-electron chi connectivity index (χ0n) is 21.9. The predicted molar refractivity (Wildman–Crippen MR) is 140 cm³/mol. The van der Waals surface area contributed by atoms with E-state index in [1.54, 1.807) is 18.0 Å². The minimum atomic E-state index is -0.930. The van der Waals surface area contributed by atoms with Crippen LogP contribution in [-0.2, 0) is 21.6 Å². The van der Waals surface area contributed by atoms with Crippen LogP contribution in [0.15, 0.2) is 54.6 Å². The van der Waals surface area contributed by atoms with E-state index in [9.17, 15) is 14.7 Å². The maximum Gasteiger partial charge on any atom is 0.410 e. The van der Waals surface area contributed by atoms with Gasteiger partial charge >= 0.3 is 12.1 Å². The molecule has 1 amide bonds. The highest BCUT2D eigenvalue weighted by molar-refractivity contribution is 5.69. The van der Waals surface area contributed by atoms with Gasteiger partial charge in [-0.25, -0.2) is 4.79 Å². The second-order valence-electron chi connectivity index (χ2n) is 11.2. The molecule has 2 aromatic carbocycles. The van der Waals surface area contributed by atoms with Crippen LogP contribution in [0.3, 0.4) is 0 Å². The molecule has 198 valence electrons. The first-order chi connectivity index (χ1) is 17.8. The topological polar surface area (TPSA) is 79.3 Å². The monoisotopic (exact) mass is 506 g/mol. The summed E-state index contributed by atoms with van der Waals surface area (Å²) in [6.45, 7) is 4.18. The highest BCUT2D eigenvalue weighted by Gasteiger charge is 2.58. The molecule has 1 N–H and O–H groups in total. The summed E-state index contributed by atoms with van der Waals surface area (Å²) in [5, 5.41) is 12.3. The molecule has 1 aliphatic heterocycles. The Labute approximate surface area is 219 Å². The fourth-order valence-corrected chi connectivity index (χ4v) is 6.38. The number of ether oxygens (including phenoxy) is 2. The summed E-state index contributed by atoms with van der Waals surface area (Å²) in [5.74, 6) is 0.872. The van der Waals surface area contributed by atoms with Gasteiger partial charge in [0.1, 0.15) is 12.4 Å². The minimum absolute atomic E-state index is 0.0732. The van der Waals surface area contributed by atoms with Gasteiger partial charge in [-0.1, -0.05) is 42.5 Å². The molecule has 3 aliphatic rings. The summed E-state index contributed by atoms with van der Waals surface area (Å²) >= 11 is 0. The van der Waals surface area contributed by atoms with Crippen molar-refractivity contribution in [2.45, 2.75) is 69.1 Å². The molecule has 5 rings (SSSR count). The molecule has 2 aliphatic carbocycles. The number of carbonyl (C=O) groups excluding carboxylic acids is 2. The lowest BCUT2D eigenvalue weighted by molar-refractivity contribution is -0.133. The summed E-state index contributed by atoms with van der Waals surface area (Å²) < 4.78 is 11.0. The van der Waals surface area contributed by atoms with Gasteiger partial charge in [0.05, 0.1) is 5.60 Å². The molecule has 0 radical (unpaired) electrons. The van der Waals surface area contributed by atoms with Gasteiger partial charge in [0.25, 0.3) is 0 Å². The van der Waals surface area contributed by atoms with E-state index >= 15 is 0 Å². The molecular formula is C30H38N2O5. The lowest BCUT2D eigenvalue weighted by Crippen LogP contribution is -2.67. The van der Waals surface area contributed by atoms with Crippen LogP contribution >= 0.6 is 0 Å². The van der Waals surface area contributed by atoms with Gasteiger partial charge in [0.2, 0.25) is 0 Å². The second kappa shape index (κ2) is 10.5. The average Bonchev–Trinajstić information content (AvgIpc) is 3.70. The lowest BCUT2D eigenvalue weighted by Gasteiger charge is -2.59. The van der Waals surface area contributed by atoms with Crippen molar-refractivity contribution in [3.63, 3.8) is 0 Å². The molecule has 37 heavy (non-hydrogen) atoms. The van der Waals surface area contributed by atoms with Gasteiger partial charge in [-0.05, 0) is 74.2 Å². The van der Waals surface area contributed by atoms with Gasteiger partial charge in [0, 0.05) is 38.5 Å². The van der Waals surface area contributed by atoms with Crippen molar-refractivity contribution in [2.24, 2.45) is 5.92 Å². The first kappa shape index (κ1) is 25.7. The number of hydrogen-bond donors (Lipinski definition) is 1. The number of benzene rings is 2. The molecule has 2 saturated carbocycles. The van der Waals surface area contributed by atoms with Crippen LogP contribution < -0.4 is 4.74 Å². The molecule has 1 saturated heterocycles. The number of likely N-dealkylation sites (tertiary alicyclic amines) is 1. The molecule has 7 heteroatoms. The maximum atomic E-state index is 13.0. The molecule has 3 fully saturated rings. The van der Waals surface area contributed by atoms with Gasteiger partial charge in [0.15, 0.2) is 0 Å². The number of aliphatic hydroxyl groups is 1. The van der Waals surface area contributed by atoms with E-state index in [4.69, 9.17) is 9.47 Å². The molecule has 7 nitrogen and oxygen atoms in total. The molecule has 0 bridgehead atoms. The Morgan fingerprint density at radius 3 is 2.59 bits per heavy atom. The summed E-state index contributed by atoms with van der Waals surface area (Å²) in [5.41, 5.74) is 0.431. The van der Waals surface area contributed by atoms with E-state index < -0.39 is 11.0 Å². The van der Waals surface area contributed by atoms with E-state index in [2.05, 4.69) is 4.90 Å². The van der Waals surface area contributed by atoms with Crippen molar-refractivity contribution in [2.75, 3.05) is 26.7 Å². The molecule has 0 unspecified atom stereocenters. The third-order valence-corrected chi connectivity index (χ3v) is 8.61. The van der Waals surface area contributed by atoms with E-state index in [1.807, 2.05) is 48.5 Å². The molecule has 0 aromatic heterocycles. The molecular weight excluding hydrogens is 468 g/mol. The quantitative estimate of drug-likeness (QED) is 0.440. The van der Waals surface area contributed by atoms with Crippen LogP contribution in [0.2, 0.25) is 0 Å². The summed E-state index contributed by atoms with van der Waals surface area (Å²) in [4.78, 5) is 28.8. The summed E-state index contributed by atoms with van der Waals surface area (Å²) in [6, 6.07) is 17.2. The van der Waals surface area contributed by atoms with Crippen molar-refractivity contribution in [3.8, 4) is 5.75 Å². The van der Waals surface area contributed by atoms with Crippen molar-refractivity contribution >= 4 is 12.1 Å². The third kappa shape index (κ3) is 5.53. The predicted octanol–water partition coefficient (Wildman–Crippen LogP) is 4.52. The Morgan fingerprint density at radius 2 is 1.86 bits per heavy atom. The smallest absolute Gasteiger partial charge is 0.410 e. The van der Waals surface area contributed by atoms with Crippen molar-refractivity contribution in [1.29, 1.82) is 0 Å². The first-order valence-corrected chi connectivity index (χ1v) is 13.5. The minimum Gasteiger partial charge on any atom is -0.445 e. The molecule has 0 spiro atoms. The van der Waals surface area contributed by atoms with Gasteiger partial charge in [-0.15, -0.1) is 0 Å². The third-order valence-electron chi connectivity index (χ3n) is 8.61. The fourth-order valence-electron chi connectivity index (χ4n) is 6.38. The zero-order chi connectivity index (χ0) is 26.0. The van der Waals surface area contributed by atoms with Crippen LogP contribution in [0.25, 0.3) is 0 Å². The maximum absolute atomic E-state index is 13.0. The Kier molecular flexibility index (Phi) is 7.28. The van der Waals surface area contributed by atoms with E-state index in [0.717, 1.165) is 36.6 Å². The van der Waals surface area contributed by atoms with Crippen molar-refractivity contribution in [1.82, 2.24) is 9.80 Å². The molecule has 3 atom stereocenters.